The number of anilines is 2. The number of carbonyl (C=O) groups excluding carboxylic acids is 1. The van der Waals surface area contributed by atoms with Gasteiger partial charge in [-0.05, 0) is 75.9 Å². The Morgan fingerprint density at radius 1 is 1.15 bits per heavy atom. The van der Waals surface area contributed by atoms with Crippen LogP contribution in [-0.4, -0.2) is 61.2 Å². The Hall–Kier alpha value is -3.77. The molecule has 1 amide bonds. The maximum atomic E-state index is 13.5. The molecule has 1 saturated heterocycles. The van der Waals surface area contributed by atoms with Crippen LogP contribution in [-0.2, 0) is 14.8 Å². The van der Waals surface area contributed by atoms with Gasteiger partial charge in [0.1, 0.15) is 18.2 Å². The van der Waals surface area contributed by atoms with Gasteiger partial charge in [0, 0.05) is 29.0 Å². The monoisotopic (exact) mass is 574 g/mol. The van der Waals surface area contributed by atoms with Crippen LogP contribution in [0.4, 0.5) is 11.6 Å². The van der Waals surface area contributed by atoms with Crippen LogP contribution in [0.5, 0.6) is 5.88 Å². The molecule has 220 valence electrons. The van der Waals surface area contributed by atoms with Crippen molar-refractivity contribution in [3.63, 3.8) is 0 Å². The highest BCUT2D eigenvalue weighted by atomic mass is 32.2. The topological polar surface area (TPSA) is 150 Å². The Kier molecular flexibility index (Phi) is 8.59. The minimum absolute atomic E-state index is 0. The van der Waals surface area contributed by atoms with E-state index in [0.717, 1.165) is 12.0 Å². The first kappa shape index (κ1) is 29.2. The summed E-state index contributed by atoms with van der Waals surface area (Å²) in [4.78, 5) is 28.9. The van der Waals surface area contributed by atoms with E-state index >= 15 is 0 Å². The normalized spacial score (nSPS) is 16.6. The third-order valence-electron chi connectivity index (χ3n) is 6.59. The molecule has 0 unspecified atom stereocenters. The lowest BCUT2D eigenvalue weighted by molar-refractivity contribution is 0.0981. The van der Waals surface area contributed by atoms with Crippen molar-refractivity contribution in [1.29, 1.82) is 0 Å². The minimum Gasteiger partial charge on any atom is -0.475 e. The van der Waals surface area contributed by atoms with Crippen molar-refractivity contribution in [2.24, 2.45) is 5.92 Å². The summed E-state index contributed by atoms with van der Waals surface area (Å²) in [6.45, 7) is 12.2. The molecule has 0 radical (unpaired) electrons. The fraction of sp³-hybridized carbons (Fsp3) is 0.429. The largest absolute Gasteiger partial charge is 0.475 e. The van der Waals surface area contributed by atoms with E-state index in [0.29, 0.717) is 55.4 Å². The van der Waals surface area contributed by atoms with Crippen LogP contribution in [0.1, 0.15) is 54.3 Å². The van der Waals surface area contributed by atoms with E-state index in [-0.39, 0.29) is 26.2 Å². The summed E-state index contributed by atoms with van der Waals surface area (Å²) in [7, 11) is -4.27. The smallest absolute Gasteiger partial charge is 0.281 e. The number of nitrogens with two attached hydrogens (primary N) is 1. The van der Waals surface area contributed by atoms with Gasteiger partial charge >= 0.3 is 0 Å². The number of hydrogen-bond donors (Lipinski definition) is 2. The Bertz CT molecular complexity index is 1510. The Morgan fingerprint density at radius 3 is 2.60 bits per heavy atom. The highest BCUT2D eigenvalue weighted by Gasteiger charge is 2.39. The maximum Gasteiger partial charge on any atom is 0.281 e. The van der Waals surface area contributed by atoms with Crippen molar-refractivity contribution in [1.82, 2.24) is 19.7 Å². The highest BCUT2D eigenvalue weighted by Crippen LogP contribution is 2.38. The average Bonchev–Trinajstić information content (AvgIpc) is 3.17. The molecule has 0 aliphatic carbocycles. The predicted molar refractivity (Wildman–Crippen MR) is 159 cm³/mol. The molecule has 11 nitrogen and oxygen atoms in total. The van der Waals surface area contributed by atoms with Gasteiger partial charge in [-0.25, -0.2) is 19.7 Å². The number of aromatic nitrogens is 3. The van der Waals surface area contributed by atoms with Gasteiger partial charge in [0.25, 0.3) is 15.9 Å². The number of nitrogen functional groups attached to an aromatic ring is 1. The number of nitrogens with zero attached hydrogens (tertiary/aromatic N) is 4. The molecule has 0 saturated carbocycles. The molecule has 1 fully saturated rings. The second-order valence-electron chi connectivity index (χ2n) is 10.5. The van der Waals surface area contributed by atoms with E-state index in [1.54, 1.807) is 12.1 Å². The van der Waals surface area contributed by atoms with Crippen molar-refractivity contribution >= 4 is 27.6 Å². The summed E-state index contributed by atoms with van der Waals surface area (Å²) in [5.74, 6) is 0.379. The van der Waals surface area contributed by atoms with Crippen molar-refractivity contribution in [3.05, 3.63) is 53.6 Å². The molecule has 1 aliphatic rings. The number of hydrogen-bond acceptors (Lipinski definition) is 10. The Balaban J connectivity index is 0.00000308. The predicted octanol–water partition coefficient (Wildman–Crippen LogP) is 4.33. The van der Waals surface area contributed by atoms with Crippen molar-refractivity contribution in [3.8, 4) is 17.3 Å². The Labute approximate surface area is 239 Å². The van der Waals surface area contributed by atoms with E-state index in [9.17, 15) is 13.2 Å². The van der Waals surface area contributed by atoms with Crippen molar-refractivity contribution in [2.45, 2.75) is 51.6 Å². The van der Waals surface area contributed by atoms with Crippen LogP contribution in [0, 0.1) is 12.8 Å². The highest BCUT2D eigenvalue weighted by molar-refractivity contribution is 7.90. The van der Waals surface area contributed by atoms with Gasteiger partial charge in [-0.2, -0.15) is 8.42 Å². The standard InChI is InChI=1S/C28H36N6O5S.3H2/c1-6-38-12-13-39-24-15-18(2)14-22(30-24)21-11-10-20(26(31-21)34-17-19(3)16-28(34,4)5)27(35)33-40(36,37)25-9-7-8-23(29)32-25;;;/h7-11,14-15,19H,6,12-13,16-17H2,1-5H3,(H2,29,32)(H,33,35);3*1H/t19-;;;/m0.../s1. The first-order valence-electron chi connectivity index (χ1n) is 13.2. The first-order valence-corrected chi connectivity index (χ1v) is 14.7. The van der Waals surface area contributed by atoms with Crippen LogP contribution in [0.15, 0.2) is 47.5 Å². The molecule has 1 aliphatic heterocycles. The van der Waals surface area contributed by atoms with E-state index in [4.69, 9.17) is 20.2 Å². The van der Waals surface area contributed by atoms with Gasteiger partial charge < -0.3 is 20.1 Å². The summed E-state index contributed by atoms with van der Waals surface area (Å²) < 4.78 is 39.2. The molecular formula is C28H42N6O5S. The van der Waals surface area contributed by atoms with Crippen LogP contribution < -0.4 is 20.1 Å². The number of nitrogens with one attached hydrogen (secondary N) is 1. The molecule has 3 aromatic rings. The quantitative estimate of drug-likeness (QED) is 0.335. The third kappa shape index (κ3) is 6.68. The van der Waals surface area contributed by atoms with E-state index in [2.05, 4.69) is 40.4 Å². The van der Waals surface area contributed by atoms with Gasteiger partial charge in [-0.1, -0.05) is 13.0 Å². The molecule has 4 heterocycles. The van der Waals surface area contributed by atoms with Crippen molar-refractivity contribution < 1.29 is 27.0 Å². The molecule has 3 aromatic heterocycles. The summed E-state index contributed by atoms with van der Waals surface area (Å²) in [6.07, 6.45) is 0.881. The van der Waals surface area contributed by atoms with Crippen LogP contribution in [0.3, 0.4) is 0 Å². The maximum absolute atomic E-state index is 13.5. The average molecular weight is 575 g/mol. The van der Waals surface area contributed by atoms with Crippen molar-refractivity contribution in [2.75, 3.05) is 37.0 Å². The molecular weight excluding hydrogens is 532 g/mol. The first-order chi connectivity index (χ1) is 18.9. The van der Waals surface area contributed by atoms with E-state index < -0.39 is 15.9 Å². The van der Waals surface area contributed by atoms with Gasteiger partial charge in [-0.3, -0.25) is 4.79 Å². The van der Waals surface area contributed by atoms with E-state index in [1.807, 2.05) is 26.0 Å². The van der Waals surface area contributed by atoms with Gasteiger partial charge in [-0.15, -0.1) is 0 Å². The number of rotatable bonds is 10. The second kappa shape index (κ2) is 11.8. The van der Waals surface area contributed by atoms with Crippen LogP contribution in [0.25, 0.3) is 11.4 Å². The summed E-state index contributed by atoms with van der Waals surface area (Å²) in [6, 6.07) is 11.1. The zero-order valence-electron chi connectivity index (χ0n) is 23.5. The molecule has 0 spiro atoms. The molecule has 40 heavy (non-hydrogen) atoms. The van der Waals surface area contributed by atoms with Gasteiger partial charge in [0.15, 0.2) is 5.03 Å². The molecule has 0 aromatic carbocycles. The zero-order chi connectivity index (χ0) is 29.1. The zero-order valence-corrected chi connectivity index (χ0v) is 24.3. The lowest BCUT2D eigenvalue weighted by atomic mass is 9.97. The lowest BCUT2D eigenvalue weighted by Crippen LogP contribution is -2.41. The summed E-state index contributed by atoms with van der Waals surface area (Å²) in [5.41, 5.74) is 7.49. The molecule has 1 atom stereocenters. The summed E-state index contributed by atoms with van der Waals surface area (Å²) >= 11 is 0. The lowest BCUT2D eigenvalue weighted by Gasteiger charge is -2.34. The van der Waals surface area contributed by atoms with Gasteiger partial charge in [0.2, 0.25) is 5.88 Å². The fourth-order valence-corrected chi connectivity index (χ4v) is 5.88. The van der Waals surface area contributed by atoms with Gasteiger partial charge in [0.05, 0.1) is 23.6 Å². The fourth-order valence-electron chi connectivity index (χ4n) is 4.93. The second-order valence-corrected chi connectivity index (χ2v) is 12.2. The Morgan fingerprint density at radius 2 is 1.93 bits per heavy atom. The number of ether oxygens (including phenoxy) is 2. The molecule has 4 rings (SSSR count). The molecule has 12 heteroatoms. The minimum atomic E-state index is -4.27. The summed E-state index contributed by atoms with van der Waals surface area (Å²) in [5, 5.41) is -0.345. The molecule has 3 N–H and O–H groups in total. The number of sulfonamides is 1. The number of carbonyl (C=O) groups is 1. The number of aryl methyl sites for hydroxylation is 1. The third-order valence-corrected chi connectivity index (χ3v) is 7.82. The number of amides is 1. The molecule has 0 bridgehead atoms. The van der Waals surface area contributed by atoms with Crippen LogP contribution in [0.2, 0.25) is 0 Å². The van der Waals surface area contributed by atoms with Crippen LogP contribution >= 0.6 is 0 Å². The SMILES string of the molecule is CCOCCOc1cc(C)cc(-c2ccc(C(=O)NS(=O)(=O)c3cccc(N)n3)c(N3C[C@@H](C)CC3(C)C)n2)n1.[HH].[HH].[HH]. The van der Waals surface area contributed by atoms with E-state index in [1.165, 1.54) is 18.2 Å². The number of pyridine rings is 3.